The van der Waals surface area contributed by atoms with E-state index in [1.165, 1.54) is 4.90 Å². The Morgan fingerprint density at radius 2 is 1.47 bits per heavy atom. The number of fused-ring (bicyclic) bond motifs is 1. The van der Waals surface area contributed by atoms with Crippen molar-refractivity contribution in [2.24, 2.45) is 4.99 Å². The summed E-state index contributed by atoms with van der Waals surface area (Å²) in [6.45, 7) is 0. The maximum absolute atomic E-state index is 13.4. The van der Waals surface area contributed by atoms with E-state index in [9.17, 15) is 9.59 Å². The van der Waals surface area contributed by atoms with Crippen LogP contribution in [0, 0.1) is 0 Å². The van der Waals surface area contributed by atoms with Gasteiger partial charge in [-0.15, -0.1) is 0 Å². The molecule has 2 N–H and O–H groups in total. The van der Waals surface area contributed by atoms with E-state index in [4.69, 9.17) is 16.6 Å². The molecule has 0 saturated carbocycles. The number of likely N-dealkylation sites (N-methyl/N-ethyl adjacent to an activating group) is 1. The molecule has 7 heteroatoms. The van der Waals surface area contributed by atoms with E-state index < -0.39 is 12.2 Å². The van der Waals surface area contributed by atoms with Gasteiger partial charge in [0.25, 0.3) is 5.91 Å². The minimum Gasteiger partial charge on any atom is -0.311 e. The highest BCUT2D eigenvalue weighted by molar-refractivity contribution is 6.32. The number of para-hydroxylation sites is 1. The highest BCUT2D eigenvalue weighted by Gasteiger charge is 2.31. The minimum atomic E-state index is -1.14. The Labute approximate surface area is 214 Å². The number of benzene rings is 4. The number of nitrogens with one attached hydrogen (secondary N) is 2. The van der Waals surface area contributed by atoms with Crippen LogP contribution in [0.1, 0.15) is 11.1 Å². The molecule has 1 atom stereocenters. The normalized spacial score (nSPS) is 14.9. The first kappa shape index (κ1) is 23.3. The molecule has 36 heavy (non-hydrogen) atoms. The molecule has 6 nitrogen and oxygen atoms in total. The van der Waals surface area contributed by atoms with Crippen LogP contribution in [-0.4, -0.2) is 30.9 Å². The van der Waals surface area contributed by atoms with Gasteiger partial charge in [0.2, 0.25) is 6.17 Å². The number of benzodiazepines with no additional fused rings is 1. The Hall–Kier alpha value is -4.42. The van der Waals surface area contributed by atoms with Crippen molar-refractivity contribution in [1.29, 1.82) is 0 Å². The van der Waals surface area contributed by atoms with Crippen LogP contribution in [0.3, 0.4) is 0 Å². The number of hydrogen-bond donors (Lipinski definition) is 2. The first-order valence-electron chi connectivity index (χ1n) is 11.4. The van der Waals surface area contributed by atoms with Gasteiger partial charge in [-0.05, 0) is 29.8 Å². The number of carbonyl (C=O) groups is 2. The molecule has 0 saturated heterocycles. The average Bonchev–Trinajstić information content (AvgIpc) is 3.00. The van der Waals surface area contributed by atoms with E-state index in [2.05, 4.69) is 10.6 Å². The second-order valence-corrected chi connectivity index (χ2v) is 8.75. The molecule has 1 aliphatic heterocycles. The fourth-order valence-corrected chi connectivity index (χ4v) is 4.38. The Kier molecular flexibility index (Phi) is 6.52. The number of nitrogens with zero attached hydrogens (tertiary/aromatic N) is 2. The fourth-order valence-electron chi connectivity index (χ4n) is 4.21. The summed E-state index contributed by atoms with van der Waals surface area (Å²) in [6.07, 6.45) is -1.14. The van der Waals surface area contributed by atoms with Crippen molar-refractivity contribution < 1.29 is 9.59 Å². The summed E-state index contributed by atoms with van der Waals surface area (Å²) in [4.78, 5) is 32.7. The lowest BCUT2D eigenvalue weighted by Gasteiger charge is -2.21. The molecule has 1 aliphatic rings. The molecule has 0 radical (unpaired) electrons. The number of anilines is 2. The highest BCUT2D eigenvalue weighted by atomic mass is 35.5. The molecule has 0 aliphatic carbocycles. The van der Waals surface area contributed by atoms with Crippen molar-refractivity contribution in [3.8, 4) is 11.1 Å². The predicted octanol–water partition coefficient (Wildman–Crippen LogP) is 5.97. The van der Waals surface area contributed by atoms with Gasteiger partial charge in [0.15, 0.2) is 0 Å². The standard InChI is InChI=1S/C29H23ClN4O2/c1-34-25-17-16-21(30)18-23(25)26(20-12-6-3-7-13-20)32-27(28(34)35)33-29(36)31-24-15-9-8-14-22(24)19-10-4-2-5-11-19/h2-18,27H,1H3,(H2,31,33,36). The number of amides is 3. The van der Waals surface area contributed by atoms with E-state index in [0.717, 1.165) is 16.7 Å². The summed E-state index contributed by atoms with van der Waals surface area (Å²) in [5, 5.41) is 6.17. The Morgan fingerprint density at radius 1 is 0.833 bits per heavy atom. The number of rotatable bonds is 4. The fraction of sp³-hybridized carbons (Fsp3) is 0.0690. The van der Waals surface area contributed by atoms with Gasteiger partial charge in [-0.1, -0.05) is 90.5 Å². The van der Waals surface area contributed by atoms with Crippen LogP contribution in [0.4, 0.5) is 16.2 Å². The van der Waals surface area contributed by atoms with Gasteiger partial charge in [0.1, 0.15) is 0 Å². The van der Waals surface area contributed by atoms with Crippen LogP contribution in [-0.2, 0) is 4.79 Å². The van der Waals surface area contributed by atoms with Crippen LogP contribution in [0.2, 0.25) is 5.02 Å². The van der Waals surface area contributed by atoms with Crippen LogP contribution in [0.15, 0.2) is 108 Å². The van der Waals surface area contributed by atoms with Crippen molar-refractivity contribution >= 4 is 40.6 Å². The molecule has 4 aromatic rings. The summed E-state index contributed by atoms with van der Waals surface area (Å²) in [5.74, 6) is -0.365. The van der Waals surface area contributed by atoms with Gasteiger partial charge in [0, 0.05) is 28.8 Å². The zero-order valence-electron chi connectivity index (χ0n) is 19.5. The molecule has 4 aromatic carbocycles. The maximum atomic E-state index is 13.4. The lowest BCUT2D eigenvalue weighted by molar-refractivity contribution is -0.119. The van der Waals surface area contributed by atoms with Crippen molar-refractivity contribution in [2.45, 2.75) is 6.17 Å². The van der Waals surface area contributed by atoms with Crippen molar-refractivity contribution in [1.82, 2.24) is 5.32 Å². The zero-order chi connectivity index (χ0) is 25.1. The van der Waals surface area contributed by atoms with Crippen LogP contribution in [0.25, 0.3) is 11.1 Å². The number of aliphatic imine (C=N–C) groups is 1. The molecular weight excluding hydrogens is 472 g/mol. The molecule has 5 rings (SSSR count). The quantitative estimate of drug-likeness (QED) is 0.367. The summed E-state index contributed by atoms with van der Waals surface area (Å²) >= 11 is 6.30. The van der Waals surface area contributed by atoms with Gasteiger partial charge in [-0.2, -0.15) is 0 Å². The molecule has 3 amide bonds. The Bertz CT molecular complexity index is 1450. The summed E-state index contributed by atoms with van der Waals surface area (Å²) in [7, 11) is 1.66. The summed E-state index contributed by atoms with van der Waals surface area (Å²) in [6, 6.07) is 31.6. The molecule has 0 fully saturated rings. The first-order chi connectivity index (χ1) is 17.5. The smallest absolute Gasteiger partial charge is 0.311 e. The predicted molar refractivity (Wildman–Crippen MR) is 145 cm³/mol. The molecule has 0 aromatic heterocycles. The number of carbonyl (C=O) groups excluding carboxylic acids is 2. The second kappa shape index (κ2) is 10.1. The van der Waals surface area contributed by atoms with Gasteiger partial charge in [-0.25, -0.2) is 9.79 Å². The second-order valence-electron chi connectivity index (χ2n) is 8.32. The minimum absolute atomic E-state index is 0.365. The van der Waals surface area contributed by atoms with Crippen LogP contribution < -0.4 is 15.5 Å². The molecule has 0 bridgehead atoms. The molecular formula is C29H23ClN4O2. The van der Waals surface area contributed by atoms with Crippen molar-refractivity contribution in [3.63, 3.8) is 0 Å². The van der Waals surface area contributed by atoms with Gasteiger partial charge < -0.3 is 15.5 Å². The van der Waals surface area contributed by atoms with Gasteiger partial charge in [0.05, 0.1) is 17.1 Å². The van der Waals surface area contributed by atoms with E-state index in [1.54, 1.807) is 25.2 Å². The van der Waals surface area contributed by atoms with E-state index in [-0.39, 0.29) is 5.91 Å². The van der Waals surface area contributed by atoms with Crippen molar-refractivity contribution in [3.05, 3.63) is 119 Å². The van der Waals surface area contributed by atoms with Crippen molar-refractivity contribution in [2.75, 3.05) is 17.3 Å². The first-order valence-corrected chi connectivity index (χ1v) is 11.8. The highest BCUT2D eigenvalue weighted by Crippen LogP contribution is 2.30. The van der Waals surface area contributed by atoms with E-state index in [1.807, 2.05) is 84.9 Å². The molecule has 0 spiro atoms. The third-order valence-corrected chi connectivity index (χ3v) is 6.21. The largest absolute Gasteiger partial charge is 0.321 e. The summed E-state index contributed by atoms with van der Waals surface area (Å²) in [5.41, 5.74) is 5.21. The number of urea groups is 1. The Balaban J connectivity index is 1.48. The average molecular weight is 495 g/mol. The lowest BCUT2D eigenvalue weighted by Crippen LogP contribution is -2.47. The zero-order valence-corrected chi connectivity index (χ0v) is 20.2. The van der Waals surface area contributed by atoms with Gasteiger partial charge >= 0.3 is 6.03 Å². The third kappa shape index (κ3) is 4.72. The SMILES string of the molecule is CN1C(=O)C(NC(=O)Nc2ccccc2-c2ccccc2)N=C(c2ccccc2)c2cc(Cl)ccc21. The maximum Gasteiger partial charge on any atom is 0.321 e. The third-order valence-electron chi connectivity index (χ3n) is 5.97. The van der Waals surface area contributed by atoms with E-state index in [0.29, 0.717) is 27.7 Å². The lowest BCUT2D eigenvalue weighted by atomic mass is 10.0. The topological polar surface area (TPSA) is 73.8 Å². The van der Waals surface area contributed by atoms with Gasteiger partial charge in [-0.3, -0.25) is 4.79 Å². The number of hydrogen-bond acceptors (Lipinski definition) is 3. The van der Waals surface area contributed by atoms with Crippen LogP contribution >= 0.6 is 11.6 Å². The Morgan fingerprint density at radius 3 is 2.19 bits per heavy atom. The van der Waals surface area contributed by atoms with Crippen LogP contribution in [0.5, 0.6) is 0 Å². The number of halogens is 1. The molecule has 178 valence electrons. The summed E-state index contributed by atoms with van der Waals surface area (Å²) < 4.78 is 0. The molecule has 1 unspecified atom stereocenters. The van der Waals surface area contributed by atoms with E-state index >= 15 is 0 Å². The monoisotopic (exact) mass is 494 g/mol. The molecule has 1 heterocycles.